The molecule has 1 aliphatic carbocycles. The van der Waals surface area contributed by atoms with E-state index in [1.54, 1.807) is 0 Å². The molecule has 1 aliphatic rings. The molecule has 1 aromatic rings. The smallest absolute Gasteiger partial charge is 0.307 e. The molecular formula is C10H9BrN2O5S. The Morgan fingerprint density at radius 3 is 2.58 bits per heavy atom. The van der Waals surface area contributed by atoms with Crippen LogP contribution in [-0.2, 0) is 19.6 Å². The van der Waals surface area contributed by atoms with Crippen molar-refractivity contribution in [2.75, 3.05) is 0 Å². The monoisotopic (exact) mass is 348 g/mol. The molecule has 1 fully saturated rings. The van der Waals surface area contributed by atoms with E-state index in [-0.39, 0.29) is 11.3 Å². The summed E-state index contributed by atoms with van der Waals surface area (Å²) < 4.78 is 26.0. The highest BCUT2D eigenvalue weighted by atomic mass is 79.9. The van der Waals surface area contributed by atoms with Gasteiger partial charge in [0, 0.05) is 16.9 Å². The minimum absolute atomic E-state index is 0.160. The Labute approximate surface area is 117 Å². The number of carboxylic acids is 1. The molecule has 0 unspecified atom stereocenters. The van der Waals surface area contributed by atoms with Crippen molar-refractivity contribution in [2.24, 2.45) is 11.8 Å². The van der Waals surface area contributed by atoms with Crippen molar-refractivity contribution < 1.29 is 23.1 Å². The molecule has 1 amide bonds. The molecule has 7 nitrogen and oxygen atoms in total. The van der Waals surface area contributed by atoms with Crippen LogP contribution in [0.15, 0.2) is 27.8 Å². The summed E-state index contributed by atoms with van der Waals surface area (Å²) in [5.41, 5.74) is 0. The number of halogens is 1. The lowest BCUT2D eigenvalue weighted by Gasteiger charge is -2.06. The quantitative estimate of drug-likeness (QED) is 0.812. The fourth-order valence-corrected chi connectivity index (χ4v) is 3.10. The highest BCUT2D eigenvalue weighted by molar-refractivity contribution is 9.10. The first-order chi connectivity index (χ1) is 8.81. The molecule has 9 heteroatoms. The number of sulfonamides is 1. The number of rotatable bonds is 4. The van der Waals surface area contributed by atoms with Gasteiger partial charge < -0.3 is 5.11 Å². The molecule has 19 heavy (non-hydrogen) atoms. The van der Waals surface area contributed by atoms with Crippen LogP contribution in [0, 0.1) is 11.8 Å². The van der Waals surface area contributed by atoms with Crippen LogP contribution in [0.1, 0.15) is 6.42 Å². The summed E-state index contributed by atoms with van der Waals surface area (Å²) in [4.78, 5) is 25.7. The van der Waals surface area contributed by atoms with Crippen LogP contribution in [0.4, 0.5) is 0 Å². The van der Waals surface area contributed by atoms with E-state index in [9.17, 15) is 18.0 Å². The second-order valence-corrected chi connectivity index (χ2v) is 6.69. The number of nitrogens with zero attached hydrogens (tertiary/aromatic N) is 1. The van der Waals surface area contributed by atoms with Gasteiger partial charge in [0.25, 0.3) is 10.0 Å². The number of carbonyl (C=O) groups is 2. The number of pyridine rings is 1. The van der Waals surface area contributed by atoms with Crippen molar-refractivity contribution in [1.82, 2.24) is 9.71 Å². The molecule has 0 aromatic carbocycles. The van der Waals surface area contributed by atoms with Gasteiger partial charge >= 0.3 is 5.97 Å². The molecule has 1 saturated carbocycles. The third-order valence-electron chi connectivity index (χ3n) is 2.67. The standard InChI is InChI=1S/C10H9BrN2O5S/c11-5-1-6(4-12-3-5)19(17,18)13-9(14)7-2-8(7)10(15)16/h1,3-4,7-8H,2H2,(H,13,14)(H,15,16)/t7-,8-/m1/s1. The van der Waals surface area contributed by atoms with E-state index in [0.717, 1.165) is 6.20 Å². The fraction of sp³-hybridized carbons (Fsp3) is 0.300. The van der Waals surface area contributed by atoms with Crippen molar-refractivity contribution >= 4 is 37.8 Å². The number of nitrogens with one attached hydrogen (secondary N) is 1. The molecule has 0 saturated heterocycles. The summed E-state index contributed by atoms with van der Waals surface area (Å²) in [6.07, 6.45) is 2.66. The number of hydrogen-bond acceptors (Lipinski definition) is 5. The van der Waals surface area contributed by atoms with Crippen LogP contribution in [0.25, 0.3) is 0 Å². The first-order valence-electron chi connectivity index (χ1n) is 5.21. The van der Waals surface area contributed by atoms with Gasteiger partial charge in [-0.25, -0.2) is 13.1 Å². The summed E-state index contributed by atoms with van der Waals surface area (Å²) in [6.45, 7) is 0. The van der Waals surface area contributed by atoms with Crippen molar-refractivity contribution in [1.29, 1.82) is 0 Å². The minimum Gasteiger partial charge on any atom is -0.481 e. The molecule has 1 heterocycles. The fourth-order valence-electron chi connectivity index (χ4n) is 1.56. The summed E-state index contributed by atoms with van der Waals surface area (Å²) in [5.74, 6) is -3.47. The van der Waals surface area contributed by atoms with Crippen LogP contribution >= 0.6 is 15.9 Å². The summed E-state index contributed by atoms with van der Waals surface area (Å²) in [6, 6.07) is 1.30. The maximum absolute atomic E-state index is 11.9. The number of hydrogen-bond donors (Lipinski definition) is 2. The van der Waals surface area contributed by atoms with Crippen LogP contribution < -0.4 is 4.72 Å². The summed E-state index contributed by atoms with van der Waals surface area (Å²) in [7, 11) is -4.02. The Bertz CT molecular complexity index is 645. The minimum atomic E-state index is -4.02. The number of aromatic nitrogens is 1. The Morgan fingerprint density at radius 1 is 1.37 bits per heavy atom. The molecule has 2 atom stereocenters. The zero-order valence-corrected chi connectivity index (χ0v) is 11.8. The normalized spacial score (nSPS) is 21.7. The lowest BCUT2D eigenvalue weighted by Crippen LogP contribution is -2.32. The second-order valence-electron chi connectivity index (χ2n) is 4.10. The molecule has 1 aromatic heterocycles. The van der Waals surface area contributed by atoms with Crippen LogP contribution in [0.2, 0.25) is 0 Å². The molecule has 102 valence electrons. The summed E-state index contributed by atoms with van der Waals surface area (Å²) >= 11 is 3.07. The maximum Gasteiger partial charge on any atom is 0.307 e. The van der Waals surface area contributed by atoms with Crippen LogP contribution in [0.3, 0.4) is 0 Å². The molecule has 0 aliphatic heterocycles. The van der Waals surface area contributed by atoms with Gasteiger partial charge in [-0.3, -0.25) is 14.6 Å². The SMILES string of the molecule is O=C(O)[C@@H]1C[C@H]1C(=O)NS(=O)(=O)c1cncc(Br)c1. The number of carboxylic acid groups (broad SMARTS) is 1. The average Bonchev–Trinajstić information content (AvgIpc) is 3.08. The van der Waals surface area contributed by atoms with Gasteiger partial charge in [-0.15, -0.1) is 0 Å². The van der Waals surface area contributed by atoms with E-state index < -0.39 is 33.7 Å². The Morgan fingerprint density at radius 2 is 2.05 bits per heavy atom. The van der Waals surface area contributed by atoms with Gasteiger partial charge in [0.1, 0.15) is 4.90 Å². The van der Waals surface area contributed by atoms with E-state index in [4.69, 9.17) is 5.11 Å². The lowest BCUT2D eigenvalue weighted by molar-refractivity contribution is -0.140. The van der Waals surface area contributed by atoms with E-state index in [1.807, 2.05) is 4.72 Å². The van der Waals surface area contributed by atoms with Gasteiger partial charge in [-0.2, -0.15) is 0 Å². The largest absolute Gasteiger partial charge is 0.481 e. The third-order valence-corrected chi connectivity index (χ3v) is 4.42. The topological polar surface area (TPSA) is 113 Å². The first-order valence-corrected chi connectivity index (χ1v) is 7.49. The predicted octanol–water partition coefficient (Wildman–Crippen LogP) is 0.370. The Kier molecular flexibility index (Phi) is 3.59. The first kappa shape index (κ1) is 13.9. The molecule has 2 N–H and O–H groups in total. The zero-order chi connectivity index (χ0) is 14.2. The lowest BCUT2D eigenvalue weighted by atomic mass is 10.3. The highest BCUT2D eigenvalue weighted by Crippen LogP contribution is 2.38. The van der Waals surface area contributed by atoms with Crippen molar-refractivity contribution in [2.45, 2.75) is 11.3 Å². The highest BCUT2D eigenvalue weighted by Gasteiger charge is 2.49. The number of carbonyl (C=O) groups excluding carboxylic acids is 1. The number of aliphatic carboxylic acids is 1. The van der Waals surface area contributed by atoms with Crippen LogP contribution in [0.5, 0.6) is 0 Å². The Hall–Kier alpha value is -1.48. The Balaban J connectivity index is 2.11. The van der Waals surface area contributed by atoms with Crippen molar-refractivity contribution in [3.63, 3.8) is 0 Å². The molecule has 0 bridgehead atoms. The maximum atomic E-state index is 11.9. The predicted molar refractivity (Wildman–Crippen MR) is 66.5 cm³/mol. The van der Waals surface area contributed by atoms with Gasteiger partial charge in [0.05, 0.1) is 11.8 Å². The second kappa shape index (κ2) is 4.89. The van der Waals surface area contributed by atoms with Crippen LogP contribution in [-0.4, -0.2) is 30.4 Å². The van der Waals surface area contributed by atoms with Crippen molar-refractivity contribution in [3.05, 3.63) is 22.9 Å². The van der Waals surface area contributed by atoms with E-state index in [0.29, 0.717) is 4.47 Å². The van der Waals surface area contributed by atoms with Gasteiger partial charge in [0.2, 0.25) is 5.91 Å². The van der Waals surface area contributed by atoms with Crippen molar-refractivity contribution in [3.8, 4) is 0 Å². The van der Waals surface area contributed by atoms with E-state index in [2.05, 4.69) is 20.9 Å². The number of amides is 1. The zero-order valence-electron chi connectivity index (χ0n) is 9.41. The van der Waals surface area contributed by atoms with Gasteiger partial charge in [0.15, 0.2) is 0 Å². The molecule has 0 radical (unpaired) electrons. The van der Waals surface area contributed by atoms with Gasteiger partial charge in [-0.1, -0.05) is 0 Å². The van der Waals surface area contributed by atoms with E-state index >= 15 is 0 Å². The average molecular weight is 349 g/mol. The molecule has 0 spiro atoms. The van der Waals surface area contributed by atoms with E-state index in [1.165, 1.54) is 12.3 Å². The molecule has 2 rings (SSSR count). The third kappa shape index (κ3) is 3.10. The summed E-state index contributed by atoms with van der Waals surface area (Å²) in [5, 5.41) is 8.68. The molecular weight excluding hydrogens is 340 g/mol. The van der Waals surface area contributed by atoms with Gasteiger partial charge in [-0.05, 0) is 28.4 Å².